The fraction of sp³-hybridized carbons (Fsp3) is 0.120. The van der Waals surface area contributed by atoms with Crippen molar-refractivity contribution in [3.8, 4) is 0 Å². The van der Waals surface area contributed by atoms with Crippen LogP contribution in [0.3, 0.4) is 0 Å². The van der Waals surface area contributed by atoms with Gasteiger partial charge in [-0.15, -0.1) is 0 Å². The zero-order chi connectivity index (χ0) is 21.0. The van der Waals surface area contributed by atoms with Crippen LogP contribution in [0.5, 0.6) is 0 Å². The maximum atomic E-state index is 13.2. The third kappa shape index (κ3) is 2.61. The highest BCUT2D eigenvalue weighted by Crippen LogP contribution is 2.37. The first-order valence-electron chi connectivity index (χ1n) is 9.88. The first-order chi connectivity index (χ1) is 14.5. The molecule has 0 bridgehead atoms. The summed E-state index contributed by atoms with van der Waals surface area (Å²) in [6.07, 6.45) is 0. The topological polar surface area (TPSA) is 42.3 Å². The Bertz CT molecular complexity index is 1380. The summed E-state index contributed by atoms with van der Waals surface area (Å²) in [5.74, 6) is -0.886. The van der Waals surface area contributed by atoms with Gasteiger partial charge in [-0.3, -0.25) is 9.59 Å². The van der Waals surface area contributed by atoms with Crippen LogP contribution in [0.4, 0.5) is 5.69 Å². The van der Waals surface area contributed by atoms with E-state index in [9.17, 15) is 9.59 Å². The predicted octanol–water partition coefficient (Wildman–Crippen LogP) is 5.65. The van der Waals surface area contributed by atoms with Crippen LogP contribution in [0.2, 0.25) is 0 Å². The Morgan fingerprint density at radius 2 is 1.53 bits per heavy atom. The van der Waals surface area contributed by atoms with E-state index in [1.807, 2.05) is 61.5 Å². The Morgan fingerprint density at radius 3 is 2.27 bits per heavy atom. The quantitative estimate of drug-likeness (QED) is 0.407. The van der Waals surface area contributed by atoms with Gasteiger partial charge in [0.05, 0.1) is 11.3 Å². The molecule has 0 atom stereocenters. The SMILES string of the molecule is CCn1c2ccccc2c2cc(N3C(=O)C(Cl)=C(c4ccc(C)cc4)C3=O)ccc21. The van der Waals surface area contributed by atoms with Gasteiger partial charge in [-0.25, -0.2) is 4.90 Å². The molecule has 2 amide bonds. The van der Waals surface area contributed by atoms with Gasteiger partial charge in [-0.1, -0.05) is 59.6 Å². The molecule has 148 valence electrons. The van der Waals surface area contributed by atoms with Crippen molar-refractivity contribution in [1.82, 2.24) is 4.57 Å². The number of carbonyl (C=O) groups excluding carboxylic acids is 2. The van der Waals surface area contributed by atoms with E-state index < -0.39 is 11.8 Å². The molecule has 3 aromatic carbocycles. The summed E-state index contributed by atoms with van der Waals surface area (Å²) >= 11 is 6.35. The number of aryl methyl sites for hydroxylation is 2. The number of aromatic nitrogens is 1. The van der Waals surface area contributed by atoms with Gasteiger partial charge in [0.1, 0.15) is 5.03 Å². The van der Waals surface area contributed by atoms with Gasteiger partial charge in [0, 0.05) is 28.4 Å². The molecule has 0 saturated heterocycles. The number of para-hydroxylation sites is 1. The molecule has 1 aliphatic heterocycles. The first kappa shape index (κ1) is 18.6. The fourth-order valence-electron chi connectivity index (χ4n) is 4.23. The van der Waals surface area contributed by atoms with E-state index in [1.54, 1.807) is 0 Å². The summed E-state index contributed by atoms with van der Waals surface area (Å²) in [5.41, 5.74) is 4.69. The molecule has 0 saturated carbocycles. The monoisotopic (exact) mass is 414 g/mol. The highest BCUT2D eigenvalue weighted by atomic mass is 35.5. The molecular formula is C25H19ClN2O2. The van der Waals surface area contributed by atoms with Gasteiger partial charge in [0.2, 0.25) is 0 Å². The normalized spacial score (nSPS) is 14.6. The van der Waals surface area contributed by atoms with E-state index in [0.717, 1.165) is 33.9 Å². The number of imide groups is 1. The molecule has 0 fully saturated rings. The summed E-state index contributed by atoms with van der Waals surface area (Å²) in [6.45, 7) is 4.90. The van der Waals surface area contributed by atoms with Crippen molar-refractivity contribution in [3.05, 3.63) is 82.9 Å². The molecule has 0 unspecified atom stereocenters. The highest BCUT2D eigenvalue weighted by molar-refractivity contribution is 6.60. The number of halogens is 1. The van der Waals surface area contributed by atoms with E-state index in [4.69, 9.17) is 11.6 Å². The lowest BCUT2D eigenvalue weighted by atomic mass is 10.0. The van der Waals surface area contributed by atoms with Gasteiger partial charge >= 0.3 is 0 Å². The Kier molecular flexibility index (Phi) is 4.26. The third-order valence-electron chi connectivity index (χ3n) is 5.70. The zero-order valence-corrected chi connectivity index (χ0v) is 17.4. The van der Waals surface area contributed by atoms with Crippen LogP contribution in [0.25, 0.3) is 27.4 Å². The molecule has 5 rings (SSSR count). The van der Waals surface area contributed by atoms with Crippen LogP contribution in [-0.4, -0.2) is 16.4 Å². The van der Waals surface area contributed by atoms with E-state index in [2.05, 4.69) is 23.6 Å². The van der Waals surface area contributed by atoms with E-state index >= 15 is 0 Å². The van der Waals surface area contributed by atoms with Crippen LogP contribution in [0.1, 0.15) is 18.1 Å². The van der Waals surface area contributed by atoms with Crippen molar-refractivity contribution in [2.75, 3.05) is 4.90 Å². The molecule has 0 N–H and O–H groups in total. The van der Waals surface area contributed by atoms with Gasteiger partial charge in [0.25, 0.3) is 11.8 Å². The highest BCUT2D eigenvalue weighted by Gasteiger charge is 2.39. The average Bonchev–Trinajstić information content (AvgIpc) is 3.19. The molecule has 0 aliphatic carbocycles. The maximum Gasteiger partial charge on any atom is 0.277 e. The molecule has 30 heavy (non-hydrogen) atoms. The Labute approximate surface area is 179 Å². The van der Waals surface area contributed by atoms with Crippen LogP contribution in [0.15, 0.2) is 71.8 Å². The molecule has 4 nitrogen and oxygen atoms in total. The van der Waals surface area contributed by atoms with Crippen LogP contribution < -0.4 is 4.90 Å². The second-order valence-corrected chi connectivity index (χ2v) is 7.84. The maximum absolute atomic E-state index is 13.2. The number of carbonyl (C=O) groups is 2. The van der Waals surface area contributed by atoms with Crippen molar-refractivity contribution < 1.29 is 9.59 Å². The van der Waals surface area contributed by atoms with Gasteiger partial charge in [-0.05, 0) is 43.7 Å². The molecule has 2 heterocycles. The summed E-state index contributed by atoms with van der Waals surface area (Å²) in [6, 6.07) is 21.3. The second kappa shape index (κ2) is 6.85. The van der Waals surface area contributed by atoms with Crippen LogP contribution in [-0.2, 0) is 16.1 Å². The summed E-state index contributed by atoms with van der Waals surface area (Å²) in [4.78, 5) is 27.3. The number of hydrogen-bond donors (Lipinski definition) is 0. The number of fused-ring (bicyclic) bond motifs is 3. The van der Waals surface area contributed by atoms with E-state index in [-0.39, 0.29) is 10.6 Å². The minimum absolute atomic E-state index is 0.0417. The van der Waals surface area contributed by atoms with Crippen molar-refractivity contribution in [3.63, 3.8) is 0 Å². The van der Waals surface area contributed by atoms with Gasteiger partial charge in [0.15, 0.2) is 0 Å². The Morgan fingerprint density at radius 1 is 0.833 bits per heavy atom. The standard InChI is InChI=1S/C25H19ClN2O2/c1-3-27-20-7-5-4-6-18(20)19-14-17(12-13-21(19)27)28-24(29)22(23(26)25(28)30)16-10-8-15(2)9-11-16/h4-14H,3H2,1-2H3. The predicted molar refractivity (Wildman–Crippen MR) is 122 cm³/mol. The molecule has 0 radical (unpaired) electrons. The second-order valence-electron chi connectivity index (χ2n) is 7.46. The number of benzene rings is 3. The molecule has 4 aromatic rings. The lowest BCUT2D eigenvalue weighted by molar-refractivity contribution is -0.119. The van der Waals surface area contributed by atoms with Crippen molar-refractivity contribution in [1.29, 1.82) is 0 Å². The van der Waals surface area contributed by atoms with Crippen molar-refractivity contribution in [2.45, 2.75) is 20.4 Å². The van der Waals surface area contributed by atoms with Crippen molar-refractivity contribution in [2.24, 2.45) is 0 Å². The summed E-state index contributed by atoms with van der Waals surface area (Å²) < 4.78 is 2.23. The lowest BCUT2D eigenvalue weighted by Crippen LogP contribution is -2.31. The summed E-state index contributed by atoms with van der Waals surface area (Å²) in [5, 5.41) is 2.05. The fourth-order valence-corrected chi connectivity index (χ4v) is 4.50. The minimum atomic E-state index is -0.490. The third-order valence-corrected chi connectivity index (χ3v) is 6.05. The van der Waals surface area contributed by atoms with E-state index in [1.165, 1.54) is 4.90 Å². The zero-order valence-electron chi connectivity index (χ0n) is 16.6. The Hall–Kier alpha value is -3.37. The number of amides is 2. The van der Waals surface area contributed by atoms with E-state index in [0.29, 0.717) is 11.3 Å². The minimum Gasteiger partial charge on any atom is -0.341 e. The Balaban J connectivity index is 1.64. The first-order valence-corrected chi connectivity index (χ1v) is 10.3. The van der Waals surface area contributed by atoms with Crippen LogP contribution in [0, 0.1) is 6.92 Å². The number of rotatable bonds is 3. The van der Waals surface area contributed by atoms with Gasteiger partial charge in [-0.2, -0.15) is 0 Å². The molecular weight excluding hydrogens is 396 g/mol. The summed E-state index contributed by atoms with van der Waals surface area (Å²) in [7, 11) is 0. The number of hydrogen-bond acceptors (Lipinski definition) is 2. The molecule has 1 aliphatic rings. The average molecular weight is 415 g/mol. The molecule has 0 spiro atoms. The number of nitrogens with zero attached hydrogens (tertiary/aromatic N) is 2. The largest absolute Gasteiger partial charge is 0.341 e. The lowest BCUT2D eigenvalue weighted by Gasteiger charge is -2.15. The molecule has 1 aromatic heterocycles. The van der Waals surface area contributed by atoms with Crippen LogP contribution >= 0.6 is 11.6 Å². The van der Waals surface area contributed by atoms with Gasteiger partial charge < -0.3 is 4.57 Å². The van der Waals surface area contributed by atoms with Crippen molar-refractivity contribution >= 4 is 56.5 Å². The number of anilines is 1. The smallest absolute Gasteiger partial charge is 0.277 e. The molecule has 5 heteroatoms.